The number of nitriles is 1. The van der Waals surface area contributed by atoms with Crippen LogP contribution in [0, 0.1) is 27.4 Å². The van der Waals surface area contributed by atoms with E-state index in [1.54, 1.807) is 18.2 Å². The van der Waals surface area contributed by atoms with Gasteiger partial charge in [0.2, 0.25) is 5.91 Å². The van der Waals surface area contributed by atoms with Crippen LogP contribution in [0.5, 0.6) is 0 Å². The number of anilines is 2. The number of hydrogen-bond acceptors (Lipinski definition) is 6. The second-order valence-electron chi connectivity index (χ2n) is 6.42. The minimum absolute atomic E-state index is 0.0850. The van der Waals surface area contributed by atoms with E-state index in [9.17, 15) is 20.2 Å². The van der Waals surface area contributed by atoms with E-state index in [4.69, 9.17) is 0 Å². The van der Waals surface area contributed by atoms with Crippen molar-refractivity contribution in [3.63, 3.8) is 0 Å². The van der Waals surface area contributed by atoms with Gasteiger partial charge in [0.15, 0.2) is 0 Å². The molecule has 0 bridgehead atoms. The van der Waals surface area contributed by atoms with Gasteiger partial charge < -0.3 is 10.2 Å². The predicted molar refractivity (Wildman–Crippen MR) is 105 cm³/mol. The first kappa shape index (κ1) is 18.9. The summed E-state index contributed by atoms with van der Waals surface area (Å²) in [7, 11) is 0. The van der Waals surface area contributed by atoms with Crippen molar-refractivity contribution in [1.29, 1.82) is 5.26 Å². The topological polar surface area (TPSA) is 99.3 Å². The maximum Gasteiger partial charge on any atom is 0.292 e. The SMILES string of the molecule is CCc1cc(C#N)c(NC(=O)C2CCN(c3ccccc3[N+](=O)[O-])CC2)s1. The number of hydrogen-bond donors (Lipinski definition) is 1. The van der Waals surface area contributed by atoms with Crippen LogP contribution in [-0.4, -0.2) is 23.9 Å². The lowest BCUT2D eigenvalue weighted by Crippen LogP contribution is -2.38. The van der Waals surface area contributed by atoms with Crippen LogP contribution < -0.4 is 10.2 Å². The quantitative estimate of drug-likeness (QED) is 0.622. The van der Waals surface area contributed by atoms with E-state index in [0.717, 1.165) is 11.3 Å². The Morgan fingerprint density at radius 3 is 2.74 bits per heavy atom. The highest BCUT2D eigenvalue weighted by molar-refractivity contribution is 7.16. The molecule has 140 valence electrons. The van der Waals surface area contributed by atoms with Crippen molar-refractivity contribution in [3.05, 3.63) is 50.9 Å². The van der Waals surface area contributed by atoms with Crippen LogP contribution in [-0.2, 0) is 11.2 Å². The Balaban J connectivity index is 1.64. The Morgan fingerprint density at radius 1 is 1.41 bits per heavy atom. The van der Waals surface area contributed by atoms with Gasteiger partial charge in [0.1, 0.15) is 16.8 Å². The standard InChI is InChI=1S/C19H20N4O3S/c1-2-15-11-14(12-20)19(27-15)21-18(24)13-7-9-22(10-8-13)16-5-3-4-6-17(16)23(25)26/h3-6,11,13H,2,7-10H2,1H3,(H,21,24). The number of thiophene rings is 1. The molecule has 2 heterocycles. The number of nitrogens with one attached hydrogen (secondary N) is 1. The fraction of sp³-hybridized carbons (Fsp3) is 0.368. The fourth-order valence-corrected chi connectivity index (χ4v) is 4.22. The van der Waals surface area contributed by atoms with Crippen molar-refractivity contribution in [2.24, 2.45) is 5.92 Å². The predicted octanol–water partition coefficient (Wildman–Crippen LogP) is 3.95. The van der Waals surface area contributed by atoms with Gasteiger partial charge in [0.05, 0.1) is 10.5 Å². The van der Waals surface area contributed by atoms with Crippen LogP contribution in [0.4, 0.5) is 16.4 Å². The third-order valence-electron chi connectivity index (χ3n) is 4.77. The Hall–Kier alpha value is -2.92. The number of carbonyl (C=O) groups excluding carboxylic acids is 1. The number of benzene rings is 1. The van der Waals surface area contributed by atoms with Gasteiger partial charge in [-0.05, 0) is 31.4 Å². The summed E-state index contributed by atoms with van der Waals surface area (Å²) in [6.45, 7) is 3.18. The zero-order chi connectivity index (χ0) is 19.4. The van der Waals surface area contributed by atoms with Crippen molar-refractivity contribution < 1.29 is 9.72 Å². The lowest BCUT2D eigenvalue weighted by molar-refractivity contribution is -0.384. The lowest BCUT2D eigenvalue weighted by atomic mass is 9.95. The summed E-state index contributed by atoms with van der Waals surface area (Å²) in [5.41, 5.74) is 1.19. The van der Waals surface area contributed by atoms with E-state index in [1.807, 2.05) is 17.9 Å². The molecule has 2 aromatic rings. The van der Waals surface area contributed by atoms with Crippen molar-refractivity contribution in [2.75, 3.05) is 23.3 Å². The van der Waals surface area contributed by atoms with Gasteiger partial charge in [0, 0.05) is 30.0 Å². The number of rotatable bonds is 5. The highest BCUT2D eigenvalue weighted by atomic mass is 32.1. The monoisotopic (exact) mass is 384 g/mol. The molecular weight excluding hydrogens is 364 g/mol. The summed E-state index contributed by atoms with van der Waals surface area (Å²) in [6.07, 6.45) is 2.06. The van der Waals surface area contributed by atoms with Gasteiger partial charge in [0.25, 0.3) is 5.69 Å². The number of nitro groups is 1. The number of para-hydroxylation sites is 2. The van der Waals surface area contributed by atoms with Crippen molar-refractivity contribution in [1.82, 2.24) is 0 Å². The van der Waals surface area contributed by atoms with Crippen LogP contribution in [0.3, 0.4) is 0 Å². The lowest BCUT2D eigenvalue weighted by Gasteiger charge is -2.32. The molecule has 0 unspecified atom stereocenters. The van der Waals surface area contributed by atoms with Gasteiger partial charge in [-0.15, -0.1) is 11.3 Å². The van der Waals surface area contributed by atoms with E-state index in [1.165, 1.54) is 17.4 Å². The summed E-state index contributed by atoms with van der Waals surface area (Å²) in [4.78, 5) is 26.5. The van der Waals surface area contributed by atoms with Crippen LogP contribution >= 0.6 is 11.3 Å². The van der Waals surface area contributed by atoms with Gasteiger partial charge in [-0.3, -0.25) is 14.9 Å². The zero-order valence-electron chi connectivity index (χ0n) is 15.0. The molecule has 3 rings (SSSR count). The van der Waals surface area contributed by atoms with E-state index in [2.05, 4.69) is 11.4 Å². The summed E-state index contributed by atoms with van der Waals surface area (Å²) in [6, 6.07) is 10.6. The molecule has 1 aliphatic heterocycles. The maximum absolute atomic E-state index is 12.6. The molecule has 0 spiro atoms. The number of nitro benzene ring substituents is 1. The molecule has 1 aromatic carbocycles. The Morgan fingerprint density at radius 2 is 2.11 bits per heavy atom. The van der Waals surface area contributed by atoms with Crippen molar-refractivity contribution in [2.45, 2.75) is 26.2 Å². The molecule has 8 heteroatoms. The Bertz CT molecular complexity index is 895. The third-order valence-corrected chi connectivity index (χ3v) is 5.97. The van der Waals surface area contributed by atoms with E-state index >= 15 is 0 Å². The van der Waals surface area contributed by atoms with E-state index < -0.39 is 0 Å². The molecule has 1 N–H and O–H groups in total. The Kier molecular flexibility index (Phi) is 5.72. The highest BCUT2D eigenvalue weighted by Crippen LogP contribution is 2.32. The van der Waals surface area contributed by atoms with E-state index in [0.29, 0.717) is 42.2 Å². The van der Waals surface area contributed by atoms with Gasteiger partial charge in [-0.25, -0.2) is 0 Å². The number of carbonyl (C=O) groups is 1. The first-order valence-corrected chi connectivity index (χ1v) is 9.67. The van der Waals surface area contributed by atoms with E-state index in [-0.39, 0.29) is 22.4 Å². The largest absolute Gasteiger partial charge is 0.366 e. The van der Waals surface area contributed by atoms with Crippen molar-refractivity contribution in [3.8, 4) is 6.07 Å². The molecule has 1 saturated heterocycles. The average molecular weight is 384 g/mol. The second-order valence-corrected chi connectivity index (χ2v) is 7.55. The van der Waals surface area contributed by atoms with Gasteiger partial charge >= 0.3 is 0 Å². The number of piperidine rings is 1. The molecule has 0 saturated carbocycles. The summed E-state index contributed by atoms with van der Waals surface area (Å²) >= 11 is 1.44. The first-order chi connectivity index (χ1) is 13.0. The number of amides is 1. The summed E-state index contributed by atoms with van der Waals surface area (Å²) in [5.74, 6) is -0.249. The average Bonchev–Trinajstić information content (AvgIpc) is 3.10. The van der Waals surface area contributed by atoms with Crippen LogP contribution in [0.1, 0.15) is 30.2 Å². The minimum Gasteiger partial charge on any atom is -0.366 e. The molecule has 0 aliphatic carbocycles. The summed E-state index contributed by atoms with van der Waals surface area (Å²) in [5, 5.41) is 24.0. The molecule has 1 aromatic heterocycles. The smallest absolute Gasteiger partial charge is 0.292 e. The number of nitrogens with zero attached hydrogens (tertiary/aromatic N) is 3. The fourth-order valence-electron chi connectivity index (χ4n) is 3.27. The van der Waals surface area contributed by atoms with Crippen LogP contribution in [0.15, 0.2) is 30.3 Å². The Labute approximate surface area is 161 Å². The maximum atomic E-state index is 12.6. The minimum atomic E-state index is -0.375. The number of aryl methyl sites for hydroxylation is 1. The van der Waals surface area contributed by atoms with Gasteiger partial charge in [-0.1, -0.05) is 19.1 Å². The molecule has 0 atom stereocenters. The molecule has 1 aliphatic rings. The zero-order valence-corrected chi connectivity index (χ0v) is 15.8. The molecule has 7 nitrogen and oxygen atoms in total. The second kappa shape index (κ2) is 8.18. The molecular formula is C19H20N4O3S. The van der Waals surface area contributed by atoms with Gasteiger partial charge in [-0.2, -0.15) is 5.26 Å². The van der Waals surface area contributed by atoms with Crippen LogP contribution in [0.2, 0.25) is 0 Å². The highest BCUT2D eigenvalue weighted by Gasteiger charge is 2.28. The van der Waals surface area contributed by atoms with Crippen molar-refractivity contribution >= 4 is 33.6 Å². The van der Waals surface area contributed by atoms with Crippen LogP contribution in [0.25, 0.3) is 0 Å². The third kappa shape index (κ3) is 4.09. The molecule has 0 radical (unpaired) electrons. The molecule has 1 amide bonds. The molecule has 1 fully saturated rings. The normalized spacial score (nSPS) is 14.6. The molecule has 27 heavy (non-hydrogen) atoms. The first-order valence-electron chi connectivity index (χ1n) is 8.85. The summed E-state index contributed by atoms with van der Waals surface area (Å²) < 4.78 is 0.